The summed E-state index contributed by atoms with van der Waals surface area (Å²) in [7, 11) is 0. The summed E-state index contributed by atoms with van der Waals surface area (Å²) in [5.41, 5.74) is 8.52. The maximum atomic E-state index is 2.53. The number of fused-ring (bicyclic) bond motifs is 8. The standard InChI is InChI=1S/C60H35N/c1-5-15-36(16-6-1)41-29-30-46-51-35-52-47-32-31-45-44-24-13-19-38-27-28-42(37-17-7-2-8-18-37)55(53(38)44)49-33-34-50(57(47)56(45)49)59(52)60(58(51)48-26-14-25-43(41)54(46)48)61(39-20-9-3-10-21-39)40-22-11-4-12-23-40/h1-35H. The van der Waals surface area contributed by atoms with Crippen molar-refractivity contribution in [2.75, 3.05) is 4.90 Å². The number of rotatable bonds is 5. The molecule has 0 atom stereocenters. The molecule has 0 aliphatic rings. The third-order valence-electron chi connectivity index (χ3n) is 13.6. The van der Waals surface area contributed by atoms with Gasteiger partial charge < -0.3 is 4.90 Å². The molecule has 0 unspecified atom stereocenters. The van der Waals surface area contributed by atoms with Gasteiger partial charge in [0.2, 0.25) is 0 Å². The van der Waals surface area contributed by atoms with Crippen molar-refractivity contribution >= 4 is 114 Å². The zero-order valence-electron chi connectivity index (χ0n) is 33.2. The summed E-state index contributed by atoms with van der Waals surface area (Å²) in [6.45, 7) is 0. The van der Waals surface area contributed by atoms with Gasteiger partial charge in [0.15, 0.2) is 0 Å². The Morgan fingerprint density at radius 1 is 0.230 bits per heavy atom. The van der Waals surface area contributed by atoms with Crippen LogP contribution in [0.5, 0.6) is 0 Å². The van der Waals surface area contributed by atoms with E-state index in [1.807, 2.05) is 0 Å². The van der Waals surface area contributed by atoms with Crippen LogP contribution in [0.15, 0.2) is 212 Å². The van der Waals surface area contributed by atoms with Crippen LogP contribution >= 0.6 is 0 Å². The van der Waals surface area contributed by atoms with Crippen LogP contribution < -0.4 is 4.90 Å². The second kappa shape index (κ2) is 12.3. The molecule has 280 valence electrons. The number of nitrogens with zero attached hydrogens (tertiary/aromatic N) is 1. The van der Waals surface area contributed by atoms with E-state index >= 15 is 0 Å². The molecule has 0 spiro atoms. The fourth-order valence-corrected chi connectivity index (χ4v) is 11.2. The van der Waals surface area contributed by atoms with E-state index in [2.05, 4.69) is 217 Å². The highest BCUT2D eigenvalue weighted by Gasteiger charge is 2.28. The van der Waals surface area contributed by atoms with Gasteiger partial charge in [-0.3, -0.25) is 0 Å². The molecule has 14 aromatic carbocycles. The van der Waals surface area contributed by atoms with Crippen molar-refractivity contribution in [3.8, 4) is 22.3 Å². The van der Waals surface area contributed by atoms with E-state index in [4.69, 9.17) is 0 Å². The van der Waals surface area contributed by atoms with Gasteiger partial charge in [0.25, 0.3) is 0 Å². The van der Waals surface area contributed by atoms with E-state index in [1.54, 1.807) is 0 Å². The van der Waals surface area contributed by atoms with E-state index in [-0.39, 0.29) is 0 Å². The molecule has 14 rings (SSSR count). The summed E-state index contributed by atoms with van der Waals surface area (Å²) in [5, 5.41) is 23.5. The molecule has 0 fully saturated rings. The van der Waals surface area contributed by atoms with Gasteiger partial charge >= 0.3 is 0 Å². The monoisotopic (exact) mass is 769 g/mol. The highest BCUT2D eigenvalue weighted by molar-refractivity contribution is 6.47. The largest absolute Gasteiger partial charge is 0.309 e. The summed E-state index contributed by atoms with van der Waals surface area (Å²) in [5.74, 6) is 0. The minimum absolute atomic E-state index is 1.14. The molecule has 0 N–H and O–H groups in total. The third kappa shape index (κ3) is 4.39. The highest BCUT2D eigenvalue weighted by atomic mass is 15.1. The normalized spacial score (nSPS) is 12.3. The van der Waals surface area contributed by atoms with Gasteiger partial charge in [-0.2, -0.15) is 0 Å². The SMILES string of the molecule is c1ccc(-c2ccc3c4cc5c6ccc7c8cccc9ccc(-c%10ccccc%10)c(c%10ccc(c5c(N(c5ccccc5)c5ccccc5)c4c4cccc2c34)c6c7%10)c98)cc1. The molecule has 0 saturated carbocycles. The molecule has 0 aliphatic heterocycles. The van der Waals surface area contributed by atoms with Crippen molar-refractivity contribution in [1.82, 2.24) is 0 Å². The second-order valence-electron chi connectivity index (χ2n) is 16.7. The third-order valence-corrected chi connectivity index (χ3v) is 13.6. The van der Waals surface area contributed by atoms with Crippen LogP contribution in [0.3, 0.4) is 0 Å². The van der Waals surface area contributed by atoms with Crippen LogP contribution in [0.25, 0.3) is 119 Å². The lowest BCUT2D eigenvalue weighted by atomic mass is 9.85. The molecule has 0 heterocycles. The van der Waals surface area contributed by atoms with E-state index < -0.39 is 0 Å². The number of benzene rings is 12. The van der Waals surface area contributed by atoms with Gasteiger partial charge in [-0.05, 0) is 139 Å². The first-order valence-electron chi connectivity index (χ1n) is 21.3. The Balaban J connectivity index is 1.21. The van der Waals surface area contributed by atoms with Crippen molar-refractivity contribution in [1.29, 1.82) is 0 Å². The Bertz CT molecular complexity index is 3970. The zero-order valence-corrected chi connectivity index (χ0v) is 33.2. The summed E-state index contributed by atoms with van der Waals surface area (Å²) < 4.78 is 0. The number of para-hydroxylation sites is 2. The predicted octanol–water partition coefficient (Wildman–Crippen LogP) is 17.2. The van der Waals surface area contributed by atoms with Crippen LogP contribution in [0.2, 0.25) is 0 Å². The molecule has 0 bridgehead atoms. The van der Waals surface area contributed by atoms with Crippen LogP contribution in [0.1, 0.15) is 0 Å². The molecule has 1 nitrogen and oxygen atoms in total. The van der Waals surface area contributed by atoms with Gasteiger partial charge in [0, 0.05) is 22.1 Å². The van der Waals surface area contributed by atoms with E-state index in [0.717, 1.165) is 11.4 Å². The molecule has 0 saturated heterocycles. The number of hydrogen-bond acceptors (Lipinski definition) is 1. The lowest BCUT2D eigenvalue weighted by molar-refractivity contribution is 1.31. The maximum Gasteiger partial charge on any atom is 0.0631 e. The van der Waals surface area contributed by atoms with Gasteiger partial charge in [0.05, 0.1) is 5.69 Å². The molecule has 0 aliphatic carbocycles. The fraction of sp³-hybridized carbons (Fsp3) is 0. The van der Waals surface area contributed by atoms with Crippen LogP contribution in [-0.4, -0.2) is 0 Å². The average Bonchev–Trinajstić information content (AvgIpc) is 3.84. The Hall–Kier alpha value is -8.00. The first-order chi connectivity index (χ1) is 30.3. The van der Waals surface area contributed by atoms with Gasteiger partial charge in [-0.15, -0.1) is 0 Å². The van der Waals surface area contributed by atoms with Gasteiger partial charge in [-0.25, -0.2) is 0 Å². The van der Waals surface area contributed by atoms with E-state index in [0.29, 0.717) is 0 Å². The maximum absolute atomic E-state index is 2.53. The molecular weight excluding hydrogens is 735 g/mol. The molecule has 0 aromatic heterocycles. The summed E-state index contributed by atoms with van der Waals surface area (Å²) >= 11 is 0. The summed E-state index contributed by atoms with van der Waals surface area (Å²) in [4.78, 5) is 2.53. The molecular formula is C60H35N. The lowest BCUT2D eigenvalue weighted by Crippen LogP contribution is -2.10. The number of anilines is 3. The van der Waals surface area contributed by atoms with Crippen LogP contribution in [-0.2, 0) is 0 Å². The highest BCUT2D eigenvalue weighted by Crippen LogP contribution is 2.56. The van der Waals surface area contributed by atoms with Crippen molar-refractivity contribution in [3.63, 3.8) is 0 Å². The van der Waals surface area contributed by atoms with Gasteiger partial charge in [0.1, 0.15) is 0 Å². The summed E-state index contributed by atoms with van der Waals surface area (Å²) in [6, 6.07) is 79.1. The van der Waals surface area contributed by atoms with E-state index in [9.17, 15) is 0 Å². The molecule has 0 radical (unpaired) electrons. The predicted molar refractivity (Wildman–Crippen MR) is 263 cm³/mol. The Labute approximate surface area is 351 Å². The smallest absolute Gasteiger partial charge is 0.0631 e. The molecule has 1 heteroatoms. The molecule has 14 aromatic rings. The molecule has 0 amide bonds. The fourth-order valence-electron chi connectivity index (χ4n) is 11.2. The van der Waals surface area contributed by atoms with Crippen molar-refractivity contribution in [3.05, 3.63) is 212 Å². The zero-order chi connectivity index (χ0) is 39.8. The lowest BCUT2D eigenvalue weighted by Gasteiger charge is -2.28. The van der Waals surface area contributed by atoms with Crippen LogP contribution in [0, 0.1) is 0 Å². The topological polar surface area (TPSA) is 3.24 Å². The van der Waals surface area contributed by atoms with Crippen LogP contribution in [0.4, 0.5) is 17.1 Å². The van der Waals surface area contributed by atoms with E-state index in [1.165, 1.54) is 125 Å². The average molecular weight is 770 g/mol. The Morgan fingerprint density at radius 2 is 0.672 bits per heavy atom. The van der Waals surface area contributed by atoms with Gasteiger partial charge in [-0.1, -0.05) is 182 Å². The second-order valence-corrected chi connectivity index (χ2v) is 16.7. The summed E-state index contributed by atoms with van der Waals surface area (Å²) in [6.07, 6.45) is 0. The quantitative estimate of drug-likeness (QED) is 0.124. The first kappa shape index (κ1) is 32.9. The van der Waals surface area contributed by atoms with Crippen molar-refractivity contribution < 1.29 is 0 Å². The minimum Gasteiger partial charge on any atom is -0.309 e. The first-order valence-corrected chi connectivity index (χ1v) is 21.3. The van der Waals surface area contributed by atoms with Crippen molar-refractivity contribution in [2.45, 2.75) is 0 Å². The number of hydrogen-bond donors (Lipinski definition) is 0. The Kier molecular flexibility index (Phi) is 6.62. The molecule has 61 heavy (non-hydrogen) atoms. The Morgan fingerprint density at radius 3 is 1.33 bits per heavy atom. The minimum atomic E-state index is 1.14. The van der Waals surface area contributed by atoms with Crippen molar-refractivity contribution in [2.24, 2.45) is 0 Å².